The third-order valence-corrected chi connectivity index (χ3v) is 5.19. The summed E-state index contributed by atoms with van der Waals surface area (Å²) in [6.45, 7) is 0.512. The second kappa shape index (κ2) is 8.05. The van der Waals surface area contributed by atoms with E-state index in [1.165, 1.54) is 18.3 Å². The van der Waals surface area contributed by atoms with Crippen molar-refractivity contribution in [3.8, 4) is 5.75 Å². The van der Waals surface area contributed by atoms with E-state index >= 15 is 0 Å². The Bertz CT molecular complexity index is 1010. The Morgan fingerprint density at radius 1 is 1.04 bits per heavy atom. The van der Waals surface area contributed by atoms with Crippen molar-refractivity contribution in [2.24, 2.45) is 0 Å². The average molecular weight is 387 g/mol. The highest BCUT2D eigenvalue weighted by Crippen LogP contribution is 2.20. The van der Waals surface area contributed by atoms with E-state index in [1.54, 1.807) is 19.2 Å². The molecule has 1 heterocycles. The summed E-state index contributed by atoms with van der Waals surface area (Å²) in [4.78, 5) is 4.18. The summed E-state index contributed by atoms with van der Waals surface area (Å²) in [5.74, 6) is 0.861. The fourth-order valence-electron chi connectivity index (χ4n) is 2.42. The second-order valence-electron chi connectivity index (χ2n) is 5.66. The molecule has 0 atom stereocenters. The van der Waals surface area contributed by atoms with Crippen LogP contribution < -0.4 is 14.8 Å². The van der Waals surface area contributed by atoms with Crippen molar-refractivity contribution in [3.63, 3.8) is 0 Å². The lowest BCUT2D eigenvalue weighted by Gasteiger charge is -2.11. The van der Waals surface area contributed by atoms with Crippen LogP contribution >= 0.6 is 0 Å². The van der Waals surface area contributed by atoms with Gasteiger partial charge in [0.05, 0.1) is 23.9 Å². The number of nitrogens with one attached hydrogen (secondary N) is 2. The molecule has 2 N–H and O–H groups in total. The van der Waals surface area contributed by atoms with E-state index in [9.17, 15) is 12.8 Å². The van der Waals surface area contributed by atoms with E-state index in [0.29, 0.717) is 18.1 Å². The zero-order valence-electron chi connectivity index (χ0n) is 14.5. The third kappa shape index (κ3) is 4.73. The van der Waals surface area contributed by atoms with Gasteiger partial charge in [-0.05, 0) is 42.5 Å². The number of anilines is 2. The smallest absolute Gasteiger partial charge is 0.261 e. The van der Waals surface area contributed by atoms with Gasteiger partial charge in [0.1, 0.15) is 17.4 Å². The molecule has 27 heavy (non-hydrogen) atoms. The molecule has 0 radical (unpaired) electrons. The van der Waals surface area contributed by atoms with Crippen LogP contribution in [-0.4, -0.2) is 20.5 Å². The second-order valence-corrected chi connectivity index (χ2v) is 7.34. The number of ether oxygens (including phenoxy) is 1. The molecule has 140 valence electrons. The molecule has 0 aliphatic rings. The fraction of sp³-hybridized carbons (Fsp3) is 0.105. The van der Waals surface area contributed by atoms with Crippen molar-refractivity contribution < 1.29 is 17.5 Å². The van der Waals surface area contributed by atoms with E-state index in [4.69, 9.17) is 4.74 Å². The monoisotopic (exact) mass is 387 g/mol. The topological polar surface area (TPSA) is 80.3 Å². The number of hydrogen-bond acceptors (Lipinski definition) is 5. The van der Waals surface area contributed by atoms with Crippen LogP contribution in [0.3, 0.4) is 0 Å². The van der Waals surface area contributed by atoms with E-state index in [0.717, 1.165) is 23.4 Å². The number of pyridine rings is 1. The fourth-order valence-corrected chi connectivity index (χ4v) is 3.46. The number of halogens is 1. The van der Waals surface area contributed by atoms with Crippen LogP contribution in [0.4, 0.5) is 15.9 Å². The molecule has 0 aliphatic carbocycles. The molecule has 0 saturated carbocycles. The van der Waals surface area contributed by atoms with Gasteiger partial charge in [0, 0.05) is 12.1 Å². The lowest BCUT2D eigenvalue weighted by Crippen LogP contribution is -2.13. The van der Waals surface area contributed by atoms with E-state index in [2.05, 4.69) is 15.0 Å². The maximum Gasteiger partial charge on any atom is 0.261 e. The van der Waals surface area contributed by atoms with Crippen molar-refractivity contribution in [2.45, 2.75) is 11.4 Å². The molecular weight excluding hydrogens is 369 g/mol. The SMILES string of the molecule is COc1ccccc1CNc1ccc(NS(=O)(=O)c2ccc(F)cc2)cn1. The number of methoxy groups -OCH3 is 1. The van der Waals surface area contributed by atoms with Gasteiger partial charge >= 0.3 is 0 Å². The number of benzene rings is 2. The first-order valence-electron chi connectivity index (χ1n) is 8.08. The van der Waals surface area contributed by atoms with Crippen LogP contribution in [0, 0.1) is 5.82 Å². The molecule has 3 aromatic rings. The van der Waals surface area contributed by atoms with Crippen LogP contribution in [-0.2, 0) is 16.6 Å². The molecular formula is C19H18FN3O3S. The first-order chi connectivity index (χ1) is 13.0. The predicted molar refractivity (Wildman–Crippen MR) is 102 cm³/mol. The van der Waals surface area contributed by atoms with Gasteiger partial charge in [-0.2, -0.15) is 0 Å². The van der Waals surface area contributed by atoms with Crippen LogP contribution in [0.5, 0.6) is 5.75 Å². The van der Waals surface area contributed by atoms with E-state index < -0.39 is 15.8 Å². The summed E-state index contributed by atoms with van der Waals surface area (Å²) in [6.07, 6.45) is 1.41. The van der Waals surface area contributed by atoms with Crippen LogP contribution in [0.1, 0.15) is 5.56 Å². The third-order valence-electron chi connectivity index (χ3n) is 3.79. The van der Waals surface area contributed by atoms with E-state index in [1.807, 2.05) is 24.3 Å². The minimum Gasteiger partial charge on any atom is -0.496 e. The minimum absolute atomic E-state index is 0.0257. The molecule has 0 fully saturated rings. The van der Waals surface area contributed by atoms with Crippen LogP contribution in [0.15, 0.2) is 71.8 Å². The molecule has 0 aliphatic heterocycles. The van der Waals surface area contributed by atoms with Crippen molar-refractivity contribution >= 4 is 21.5 Å². The van der Waals surface area contributed by atoms with Crippen LogP contribution in [0.25, 0.3) is 0 Å². The first kappa shape index (κ1) is 18.7. The van der Waals surface area contributed by atoms with Gasteiger partial charge in [-0.3, -0.25) is 4.72 Å². The lowest BCUT2D eigenvalue weighted by molar-refractivity contribution is 0.410. The summed E-state index contributed by atoms with van der Waals surface area (Å²) in [5.41, 5.74) is 1.28. The summed E-state index contributed by atoms with van der Waals surface area (Å²) in [5, 5.41) is 3.15. The van der Waals surface area contributed by atoms with Gasteiger partial charge in [0.25, 0.3) is 10.0 Å². The highest BCUT2D eigenvalue weighted by molar-refractivity contribution is 7.92. The van der Waals surface area contributed by atoms with Crippen molar-refractivity contribution in [2.75, 3.05) is 17.1 Å². The summed E-state index contributed by atoms with van der Waals surface area (Å²) >= 11 is 0. The first-order valence-corrected chi connectivity index (χ1v) is 9.56. The standard InChI is InChI=1S/C19H18FN3O3S/c1-26-18-5-3-2-4-14(18)12-21-19-11-8-16(13-22-19)23-27(24,25)17-9-6-15(20)7-10-17/h2-11,13,23H,12H2,1H3,(H,21,22). The number of rotatable bonds is 7. The lowest BCUT2D eigenvalue weighted by atomic mass is 10.2. The van der Waals surface area contributed by atoms with Crippen molar-refractivity contribution in [1.29, 1.82) is 0 Å². The molecule has 0 amide bonds. The molecule has 0 bridgehead atoms. The molecule has 2 aromatic carbocycles. The zero-order chi connectivity index (χ0) is 19.3. The number of hydrogen-bond donors (Lipinski definition) is 2. The Kier molecular flexibility index (Phi) is 5.56. The molecule has 1 aromatic heterocycles. The Morgan fingerprint density at radius 2 is 1.78 bits per heavy atom. The molecule has 0 unspecified atom stereocenters. The predicted octanol–water partition coefficient (Wildman–Crippen LogP) is 3.64. The molecule has 8 heteroatoms. The number of para-hydroxylation sites is 1. The number of nitrogens with zero attached hydrogens (tertiary/aromatic N) is 1. The quantitative estimate of drug-likeness (QED) is 0.647. The van der Waals surface area contributed by atoms with Crippen LogP contribution in [0.2, 0.25) is 0 Å². The van der Waals surface area contributed by atoms with E-state index in [-0.39, 0.29) is 4.90 Å². The average Bonchev–Trinajstić information content (AvgIpc) is 2.68. The maximum atomic E-state index is 12.9. The zero-order valence-corrected chi connectivity index (χ0v) is 15.3. The molecule has 3 rings (SSSR count). The summed E-state index contributed by atoms with van der Waals surface area (Å²) in [6, 6.07) is 15.5. The van der Waals surface area contributed by atoms with Gasteiger partial charge in [-0.25, -0.2) is 17.8 Å². The maximum absolute atomic E-state index is 12.9. The minimum atomic E-state index is -3.80. The van der Waals surface area contributed by atoms with Crippen molar-refractivity contribution in [1.82, 2.24) is 4.98 Å². The summed E-state index contributed by atoms with van der Waals surface area (Å²) in [7, 11) is -2.19. The Balaban J connectivity index is 1.65. The Morgan fingerprint density at radius 3 is 2.44 bits per heavy atom. The largest absolute Gasteiger partial charge is 0.496 e. The Labute approximate surface area is 157 Å². The molecule has 6 nitrogen and oxygen atoms in total. The highest BCUT2D eigenvalue weighted by atomic mass is 32.2. The number of aromatic nitrogens is 1. The Hall–Kier alpha value is -3.13. The van der Waals surface area contributed by atoms with Gasteiger partial charge < -0.3 is 10.1 Å². The molecule has 0 saturated heterocycles. The van der Waals surface area contributed by atoms with Gasteiger partial charge in [0.15, 0.2) is 0 Å². The summed E-state index contributed by atoms with van der Waals surface area (Å²) < 4.78 is 45.2. The van der Waals surface area contributed by atoms with Gasteiger partial charge in [-0.15, -0.1) is 0 Å². The van der Waals surface area contributed by atoms with Gasteiger partial charge in [0.2, 0.25) is 0 Å². The van der Waals surface area contributed by atoms with Gasteiger partial charge in [-0.1, -0.05) is 18.2 Å². The normalized spacial score (nSPS) is 11.0. The number of sulfonamides is 1. The molecule has 0 spiro atoms. The van der Waals surface area contributed by atoms with Crippen molar-refractivity contribution in [3.05, 3.63) is 78.2 Å². The highest BCUT2D eigenvalue weighted by Gasteiger charge is 2.14.